The molecule has 158 valence electrons. The number of hydrogen-bond donors (Lipinski definition) is 1. The van der Waals surface area contributed by atoms with Crippen molar-refractivity contribution in [3.63, 3.8) is 0 Å². The molecule has 34 heavy (non-hydrogen) atoms. The number of carboxylic acids is 1. The molecule has 0 amide bonds. The third-order valence-electron chi connectivity index (χ3n) is 5.53. The Morgan fingerprint density at radius 3 is 2.35 bits per heavy atom. The molecular formula is C27H16N3NaO3. The van der Waals surface area contributed by atoms with Crippen molar-refractivity contribution in [1.29, 1.82) is 0 Å². The van der Waals surface area contributed by atoms with E-state index in [2.05, 4.69) is 9.84 Å². The first-order valence-corrected chi connectivity index (χ1v) is 10.2. The van der Waals surface area contributed by atoms with Crippen LogP contribution in [0.15, 0.2) is 83.9 Å². The average molecular weight is 453 g/mol. The molecule has 6 nitrogen and oxygen atoms in total. The van der Waals surface area contributed by atoms with Gasteiger partial charge in [-0.15, -0.1) is 0 Å². The molecule has 1 aliphatic rings. The van der Waals surface area contributed by atoms with Gasteiger partial charge in [-0.1, -0.05) is 60.7 Å². The normalized spacial score (nSPS) is 12.7. The standard InChI is InChI=1S/C27H17N3O3.Na/c1-28-25-24(17-8-4-2-5-9-17)23(30(26(25)31)20-10-6-3-7-11-20)15-19-16-29-22-14-18(27(32)33)12-13-21(19)22;/h2-16,31H,(H,32,33);/q;+1/p-1. The van der Waals surface area contributed by atoms with E-state index in [0.29, 0.717) is 22.6 Å². The second-order valence-electron chi connectivity index (χ2n) is 7.46. The van der Waals surface area contributed by atoms with E-state index in [-0.39, 0.29) is 46.7 Å². The number of aromatic carboxylic acids is 1. The number of carbonyl (C=O) groups is 1. The predicted molar refractivity (Wildman–Crippen MR) is 126 cm³/mol. The van der Waals surface area contributed by atoms with Gasteiger partial charge in [0.2, 0.25) is 0 Å². The van der Waals surface area contributed by atoms with Crippen LogP contribution in [-0.4, -0.2) is 21.9 Å². The molecule has 0 fully saturated rings. The number of carboxylic acid groups (broad SMARTS) is 1. The van der Waals surface area contributed by atoms with Gasteiger partial charge in [0.25, 0.3) is 5.69 Å². The molecule has 0 saturated carbocycles. The minimum absolute atomic E-state index is 0. The molecule has 0 aliphatic carbocycles. The van der Waals surface area contributed by atoms with E-state index in [1.54, 1.807) is 16.8 Å². The minimum Gasteiger partial charge on any atom is -0.545 e. The van der Waals surface area contributed by atoms with Crippen LogP contribution >= 0.6 is 0 Å². The first kappa shape index (κ1) is 23.3. The molecule has 0 radical (unpaired) electrons. The smallest absolute Gasteiger partial charge is 0.545 e. The third-order valence-corrected chi connectivity index (χ3v) is 5.53. The van der Waals surface area contributed by atoms with Crippen molar-refractivity contribution in [2.24, 2.45) is 4.99 Å². The third kappa shape index (κ3) is 3.97. The van der Waals surface area contributed by atoms with Gasteiger partial charge in [-0.2, -0.15) is 0 Å². The van der Waals surface area contributed by atoms with Crippen LogP contribution in [0.3, 0.4) is 0 Å². The van der Waals surface area contributed by atoms with Gasteiger partial charge in [-0.05, 0) is 35.4 Å². The first-order valence-electron chi connectivity index (χ1n) is 10.2. The van der Waals surface area contributed by atoms with Crippen LogP contribution < -0.4 is 34.7 Å². The van der Waals surface area contributed by atoms with Crippen molar-refractivity contribution < 1.29 is 44.6 Å². The summed E-state index contributed by atoms with van der Waals surface area (Å²) in [6.07, 6.45) is 3.51. The number of aromatic hydroxyl groups is 1. The number of benzene rings is 3. The van der Waals surface area contributed by atoms with E-state index >= 15 is 0 Å². The summed E-state index contributed by atoms with van der Waals surface area (Å²) in [5, 5.41) is 22.3. The zero-order chi connectivity index (χ0) is 22.9. The molecule has 0 unspecified atom stereocenters. The zero-order valence-corrected chi connectivity index (χ0v) is 20.3. The average Bonchev–Trinajstić information content (AvgIpc) is 3.37. The molecule has 5 rings (SSSR count). The van der Waals surface area contributed by atoms with Crippen molar-refractivity contribution in [2.45, 2.75) is 0 Å². The monoisotopic (exact) mass is 453 g/mol. The number of nitrogens with zero attached hydrogens (tertiary/aromatic N) is 3. The molecule has 2 heterocycles. The quantitative estimate of drug-likeness (QED) is 0.379. The van der Waals surface area contributed by atoms with Crippen LogP contribution in [0.5, 0.6) is 5.88 Å². The maximum absolute atomic E-state index is 11.2. The van der Waals surface area contributed by atoms with Gasteiger partial charge < -0.3 is 15.0 Å². The fourth-order valence-corrected chi connectivity index (χ4v) is 4.02. The van der Waals surface area contributed by atoms with Crippen LogP contribution in [0, 0.1) is 6.57 Å². The maximum Gasteiger partial charge on any atom is 1.00 e. The van der Waals surface area contributed by atoms with Crippen LogP contribution in [0.1, 0.15) is 21.6 Å². The molecule has 4 aromatic rings. The van der Waals surface area contributed by atoms with Crippen LogP contribution in [0.25, 0.3) is 33.3 Å². The number of para-hydroxylation sites is 1. The first-order chi connectivity index (χ1) is 16.1. The Balaban J connectivity index is 0.00000274. The van der Waals surface area contributed by atoms with Gasteiger partial charge in [-0.25, -0.2) is 4.85 Å². The summed E-state index contributed by atoms with van der Waals surface area (Å²) in [4.78, 5) is 19.2. The second kappa shape index (κ2) is 9.54. The summed E-state index contributed by atoms with van der Waals surface area (Å²) in [6, 6.07) is 23.4. The van der Waals surface area contributed by atoms with Crippen molar-refractivity contribution in [3.8, 4) is 22.7 Å². The largest absolute Gasteiger partial charge is 1.00 e. The van der Waals surface area contributed by atoms with Gasteiger partial charge >= 0.3 is 29.6 Å². The number of aromatic nitrogens is 1. The Bertz CT molecular complexity index is 1500. The summed E-state index contributed by atoms with van der Waals surface area (Å²) in [5.74, 6) is -1.41. The fraction of sp³-hybridized carbons (Fsp3) is 0. The summed E-state index contributed by atoms with van der Waals surface area (Å²) >= 11 is 0. The topological polar surface area (TPSA) is 82.0 Å². The van der Waals surface area contributed by atoms with Crippen LogP contribution in [-0.2, 0) is 0 Å². The molecule has 3 aromatic carbocycles. The van der Waals surface area contributed by atoms with Crippen LogP contribution in [0.2, 0.25) is 0 Å². The summed E-state index contributed by atoms with van der Waals surface area (Å²) in [5.41, 5.74) is 4.94. The Morgan fingerprint density at radius 1 is 1.03 bits per heavy atom. The molecule has 1 N–H and O–H groups in total. The van der Waals surface area contributed by atoms with Crippen molar-refractivity contribution in [2.75, 3.05) is 0 Å². The van der Waals surface area contributed by atoms with Gasteiger partial charge in [0.15, 0.2) is 5.88 Å². The number of carbonyl (C=O) groups excluding carboxylic acids is 1. The number of aliphatic imine (C=N–C) groups is 1. The maximum atomic E-state index is 11.2. The van der Waals surface area contributed by atoms with Crippen molar-refractivity contribution in [3.05, 3.63) is 107 Å². The molecule has 1 aliphatic heterocycles. The van der Waals surface area contributed by atoms with Crippen LogP contribution in [0.4, 0.5) is 11.4 Å². The van der Waals surface area contributed by atoms with E-state index in [1.807, 2.05) is 66.7 Å². The van der Waals surface area contributed by atoms with Gasteiger partial charge in [0.05, 0.1) is 18.2 Å². The van der Waals surface area contributed by atoms with E-state index in [1.165, 1.54) is 12.1 Å². The zero-order valence-electron chi connectivity index (χ0n) is 18.3. The molecule has 0 saturated heterocycles. The molecular weight excluding hydrogens is 437 g/mol. The molecule has 1 aromatic heterocycles. The Kier molecular flexibility index (Phi) is 6.53. The number of fused-ring (bicyclic) bond motifs is 1. The molecule has 0 spiro atoms. The van der Waals surface area contributed by atoms with Crippen molar-refractivity contribution >= 4 is 35.2 Å². The minimum atomic E-state index is -1.26. The summed E-state index contributed by atoms with van der Waals surface area (Å²) in [7, 11) is 0. The summed E-state index contributed by atoms with van der Waals surface area (Å²) in [6.45, 7) is 7.76. The number of rotatable bonds is 4. The predicted octanol–water partition coefficient (Wildman–Crippen LogP) is 2.02. The SMILES string of the molecule is [C-]#[N+]c1c(-c2ccccc2)c(C=C2C=Nc3cc(C(=O)[O-])ccc32)n(-c2ccccc2)c1O.[Na+]. The fourth-order valence-electron chi connectivity index (χ4n) is 4.02. The van der Waals surface area contributed by atoms with Crippen molar-refractivity contribution in [1.82, 2.24) is 4.57 Å². The number of allylic oxidation sites excluding steroid dienone is 1. The Morgan fingerprint density at radius 2 is 1.71 bits per heavy atom. The molecule has 0 atom stereocenters. The van der Waals surface area contributed by atoms with Gasteiger partial charge in [0.1, 0.15) is 0 Å². The number of hydrogen-bond acceptors (Lipinski definition) is 4. The molecule has 7 heteroatoms. The summed E-state index contributed by atoms with van der Waals surface area (Å²) < 4.78 is 1.64. The Labute approximate surface area is 218 Å². The van der Waals surface area contributed by atoms with E-state index in [4.69, 9.17) is 6.57 Å². The van der Waals surface area contributed by atoms with E-state index in [0.717, 1.165) is 16.7 Å². The van der Waals surface area contributed by atoms with Gasteiger partial charge in [-0.3, -0.25) is 9.56 Å². The van der Waals surface area contributed by atoms with E-state index in [9.17, 15) is 15.0 Å². The molecule has 0 bridgehead atoms. The second-order valence-corrected chi connectivity index (χ2v) is 7.46. The Hall–Kier alpha value is -3.89. The van der Waals surface area contributed by atoms with E-state index < -0.39 is 5.97 Å². The van der Waals surface area contributed by atoms with Gasteiger partial charge in [0, 0.05) is 34.3 Å².